The van der Waals surface area contributed by atoms with E-state index in [-0.39, 0.29) is 4.90 Å². The van der Waals surface area contributed by atoms with Crippen LogP contribution in [0.1, 0.15) is 23.6 Å². The van der Waals surface area contributed by atoms with Gasteiger partial charge in [-0.25, -0.2) is 23.5 Å². The Morgan fingerprint density at radius 3 is 2.46 bits per heavy atom. The van der Waals surface area contributed by atoms with E-state index in [0.717, 1.165) is 29.1 Å². The molecule has 0 bridgehead atoms. The van der Waals surface area contributed by atoms with Gasteiger partial charge in [0, 0.05) is 31.5 Å². The van der Waals surface area contributed by atoms with Crippen LogP contribution in [0.4, 0.5) is 23.4 Å². The van der Waals surface area contributed by atoms with Crippen LogP contribution < -0.4 is 21.1 Å². The van der Waals surface area contributed by atoms with Gasteiger partial charge in [0.1, 0.15) is 5.82 Å². The normalized spacial score (nSPS) is 11.5. The van der Waals surface area contributed by atoms with Gasteiger partial charge in [-0.2, -0.15) is 4.98 Å². The zero-order valence-electron chi connectivity index (χ0n) is 21.7. The van der Waals surface area contributed by atoms with E-state index in [4.69, 9.17) is 10.1 Å². The molecule has 2 aromatic heterocycles. The fraction of sp³-hybridized carbons (Fsp3) is 0.179. The minimum absolute atomic E-state index is 0.0566. The smallest absolute Gasteiger partial charge is 0.238 e. The zero-order valence-corrected chi connectivity index (χ0v) is 22.5. The number of hydrogen-bond donors (Lipinski definition) is 4. The summed E-state index contributed by atoms with van der Waals surface area (Å²) in [4.78, 5) is 13.6. The molecule has 0 atom stereocenters. The molecular weight excluding hydrogens is 512 g/mol. The number of primary sulfonamides is 1. The van der Waals surface area contributed by atoms with E-state index in [2.05, 4.69) is 67.7 Å². The largest absolute Gasteiger partial charge is 0.366 e. The van der Waals surface area contributed by atoms with Gasteiger partial charge in [0.2, 0.25) is 21.9 Å². The molecule has 0 aliphatic rings. The Bertz CT molecular complexity index is 1720. The van der Waals surface area contributed by atoms with E-state index in [0.29, 0.717) is 36.1 Å². The first-order chi connectivity index (χ1) is 18.8. The van der Waals surface area contributed by atoms with Crippen LogP contribution in [0.2, 0.25) is 0 Å². The van der Waals surface area contributed by atoms with Crippen molar-refractivity contribution < 1.29 is 8.42 Å². The maximum absolute atomic E-state index is 11.8. The van der Waals surface area contributed by atoms with E-state index in [1.54, 1.807) is 31.3 Å². The third kappa shape index (κ3) is 6.16. The number of nitrogens with one attached hydrogen (secondary N) is 3. The molecule has 39 heavy (non-hydrogen) atoms. The molecule has 0 fully saturated rings. The average Bonchev–Trinajstić information content (AvgIpc) is 3.28. The predicted octanol–water partition coefficient (Wildman–Crippen LogP) is 4.77. The van der Waals surface area contributed by atoms with E-state index in [9.17, 15) is 8.42 Å². The van der Waals surface area contributed by atoms with Gasteiger partial charge in [-0.1, -0.05) is 42.5 Å². The Balaban J connectivity index is 1.28. The van der Waals surface area contributed by atoms with E-state index in [1.807, 2.05) is 18.2 Å². The van der Waals surface area contributed by atoms with Gasteiger partial charge in [-0.3, -0.25) is 0 Å². The summed E-state index contributed by atoms with van der Waals surface area (Å²) in [6, 6.07) is 23.2. The number of rotatable bonds is 10. The van der Waals surface area contributed by atoms with Crippen LogP contribution in [0, 0.1) is 6.92 Å². The zero-order chi connectivity index (χ0) is 27.4. The standard InChI is InChI=1S/C28H30N8O2S/c1-3-36-24-12-10-21(15-23(24)34-28(36)32-17-20-7-5-4-6-8-20)18-31-26-13-14-30-27(35-26)33-22-11-9-19(2)25(16-22)39(29,37)38/h4-16H,3,17-18H2,1-2H3,(H,32,34)(H2,29,37,38)(H2,30,31,33,35). The molecule has 2 heterocycles. The SMILES string of the molecule is CCn1c(NCc2ccccc2)nc2cc(CNc3ccnc(Nc4ccc(C)c(S(N)(=O)=O)c4)n3)ccc21. The molecule has 10 nitrogen and oxygen atoms in total. The summed E-state index contributed by atoms with van der Waals surface area (Å²) in [5.41, 5.74) is 5.34. The molecule has 3 aromatic carbocycles. The molecule has 0 aliphatic carbocycles. The lowest BCUT2D eigenvalue weighted by molar-refractivity contribution is 0.597. The minimum atomic E-state index is -3.83. The van der Waals surface area contributed by atoms with Gasteiger partial charge >= 0.3 is 0 Å². The molecule has 0 saturated heterocycles. The number of hydrogen-bond acceptors (Lipinski definition) is 8. The number of aromatic nitrogens is 4. The van der Waals surface area contributed by atoms with Crippen molar-refractivity contribution in [3.8, 4) is 0 Å². The number of aryl methyl sites for hydroxylation is 2. The maximum atomic E-state index is 11.8. The van der Waals surface area contributed by atoms with Crippen LogP contribution in [0.25, 0.3) is 11.0 Å². The van der Waals surface area contributed by atoms with Crippen LogP contribution >= 0.6 is 0 Å². The summed E-state index contributed by atoms with van der Waals surface area (Å²) < 4.78 is 25.9. The molecule has 0 unspecified atom stereocenters. The van der Waals surface area contributed by atoms with Crippen molar-refractivity contribution in [1.29, 1.82) is 0 Å². The van der Waals surface area contributed by atoms with Gasteiger partial charge in [0.25, 0.3) is 0 Å². The van der Waals surface area contributed by atoms with Gasteiger partial charge in [0.05, 0.1) is 15.9 Å². The molecule has 5 aromatic rings. The number of sulfonamides is 1. The molecule has 5 N–H and O–H groups in total. The lowest BCUT2D eigenvalue weighted by atomic mass is 10.2. The Morgan fingerprint density at radius 1 is 0.897 bits per heavy atom. The Labute approximate surface area is 227 Å². The quantitative estimate of drug-likeness (QED) is 0.198. The number of fused-ring (bicyclic) bond motifs is 1. The maximum Gasteiger partial charge on any atom is 0.238 e. The molecule has 0 amide bonds. The average molecular weight is 543 g/mol. The molecular formula is C28H30N8O2S. The van der Waals surface area contributed by atoms with E-state index in [1.165, 1.54) is 11.6 Å². The fourth-order valence-corrected chi connectivity index (χ4v) is 5.15. The lowest BCUT2D eigenvalue weighted by Gasteiger charge is -2.10. The molecule has 0 radical (unpaired) electrons. The summed E-state index contributed by atoms with van der Waals surface area (Å²) in [6.45, 7) is 5.85. The van der Waals surface area contributed by atoms with Gasteiger partial charge in [0.15, 0.2) is 0 Å². The monoisotopic (exact) mass is 542 g/mol. The highest BCUT2D eigenvalue weighted by Crippen LogP contribution is 2.23. The summed E-state index contributed by atoms with van der Waals surface area (Å²) in [5, 5.41) is 15.1. The van der Waals surface area contributed by atoms with Crippen molar-refractivity contribution >= 4 is 44.5 Å². The highest BCUT2D eigenvalue weighted by Gasteiger charge is 2.13. The van der Waals surface area contributed by atoms with Crippen molar-refractivity contribution in [3.63, 3.8) is 0 Å². The molecule has 5 rings (SSSR count). The Hall–Kier alpha value is -4.48. The van der Waals surface area contributed by atoms with Crippen LogP contribution in [0.15, 0.2) is 83.9 Å². The van der Waals surface area contributed by atoms with Gasteiger partial charge in [-0.15, -0.1) is 0 Å². The molecule has 200 valence electrons. The number of anilines is 4. The summed E-state index contributed by atoms with van der Waals surface area (Å²) >= 11 is 0. The number of benzene rings is 3. The molecule has 0 saturated carbocycles. The molecule has 11 heteroatoms. The van der Waals surface area contributed by atoms with Crippen LogP contribution in [0.3, 0.4) is 0 Å². The van der Waals surface area contributed by atoms with E-state index < -0.39 is 10.0 Å². The van der Waals surface area contributed by atoms with Crippen LogP contribution in [-0.4, -0.2) is 27.9 Å². The molecule has 0 aliphatic heterocycles. The van der Waals surface area contributed by atoms with E-state index >= 15 is 0 Å². The van der Waals surface area contributed by atoms with Crippen molar-refractivity contribution in [1.82, 2.24) is 19.5 Å². The second-order valence-electron chi connectivity index (χ2n) is 9.11. The van der Waals surface area contributed by atoms with Crippen LogP contribution in [0.5, 0.6) is 0 Å². The van der Waals surface area contributed by atoms with Gasteiger partial charge < -0.3 is 20.5 Å². The van der Waals surface area contributed by atoms with Crippen LogP contribution in [-0.2, 0) is 29.7 Å². The minimum Gasteiger partial charge on any atom is -0.366 e. The van der Waals surface area contributed by atoms with Crippen molar-refractivity contribution in [2.75, 3.05) is 16.0 Å². The Kier molecular flexibility index (Phi) is 7.44. The second-order valence-corrected chi connectivity index (χ2v) is 10.6. The van der Waals surface area contributed by atoms with Crippen molar-refractivity contribution in [2.24, 2.45) is 5.14 Å². The fourth-order valence-electron chi connectivity index (χ4n) is 4.34. The third-order valence-corrected chi connectivity index (χ3v) is 7.36. The second kappa shape index (κ2) is 11.1. The first kappa shape index (κ1) is 26.1. The van der Waals surface area contributed by atoms with Gasteiger partial charge in [-0.05, 0) is 60.9 Å². The Morgan fingerprint density at radius 2 is 1.69 bits per heavy atom. The van der Waals surface area contributed by atoms with Crippen molar-refractivity contribution in [2.45, 2.75) is 38.4 Å². The predicted molar refractivity (Wildman–Crippen MR) is 154 cm³/mol. The number of nitrogens with two attached hydrogens (primary N) is 1. The third-order valence-electron chi connectivity index (χ3n) is 6.30. The summed E-state index contributed by atoms with van der Waals surface area (Å²) in [5.74, 6) is 1.79. The number of imidazole rings is 1. The highest BCUT2D eigenvalue weighted by atomic mass is 32.2. The summed E-state index contributed by atoms with van der Waals surface area (Å²) in [6.07, 6.45) is 1.63. The lowest BCUT2D eigenvalue weighted by Crippen LogP contribution is -2.14. The summed E-state index contributed by atoms with van der Waals surface area (Å²) in [7, 11) is -3.83. The topological polar surface area (TPSA) is 140 Å². The van der Waals surface area contributed by atoms with Crippen molar-refractivity contribution in [3.05, 3.63) is 95.7 Å². The first-order valence-electron chi connectivity index (χ1n) is 12.5. The number of nitrogens with zero attached hydrogens (tertiary/aromatic N) is 4. The first-order valence-corrected chi connectivity index (χ1v) is 14.1. The molecule has 0 spiro atoms. The highest BCUT2D eigenvalue weighted by molar-refractivity contribution is 7.89.